The highest BCUT2D eigenvalue weighted by atomic mass is 16.5. The SMILES string of the molecule is COC(=O)c1ncc(C#CCNC(=O)OCc2ccccc2)cn1. The lowest BCUT2D eigenvalue weighted by atomic mass is 10.2. The largest absolute Gasteiger partial charge is 0.463 e. The Morgan fingerprint density at radius 3 is 2.54 bits per heavy atom. The minimum absolute atomic E-state index is 0.0364. The van der Waals surface area contributed by atoms with Crippen molar-refractivity contribution >= 4 is 12.1 Å². The summed E-state index contributed by atoms with van der Waals surface area (Å²) in [7, 11) is 1.25. The second-order valence-corrected chi connectivity index (χ2v) is 4.50. The zero-order chi connectivity index (χ0) is 17.2. The molecule has 1 heterocycles. The lowest BCUT2D eigenvalue weighted by Crippen LogP contribution is -2.24. The molecule has 0 fully saturated rings. The zero-order valence-corrected chi connectivity index (χ0v) is 13.0. The lowest BCUT2D eigenvalue weighted by Gasteiger charge is -2.04. The minimum Gasteiger partial charge on any atom is -0.463 e. The van der Waals surface area contributed by atoms with Crippen LogP contribution in [-0.4, -0.2) is 35.7 Å². The van der Waals surface area contributed by atoms with Crippen molar-refractivity contribution in [3.8, 4) is 11.8 Å². The third kappa shape index (κ3) is 5.42. The number of amides is 1. The van der Waals surface area contributed by atoms with Crippen LogP contribution in [0.25, 0.3) is 0 Å². The minimum atomic E-state index is -0.614. The molecule has 0 aliphatic rings. The summed E-state index contributed by atoms with van der Waals surface area (Å²) in [5.74, 6) is 4.85. The van der Waals surface area contributed by atoms with Gasteiger partial charge in [-0.3, -0.25) is 0 Å². The summed E-state index contributed by atoms with van der Waals surface area (Å²) in [4.78, 5) is 30.3. The van der Waals surface area contributed by atoms with Crippen molar-refractivity contribution in [2.75, 3.05) is 13.7 Å². The molecule has 0 spiro atoms. The normalized spacial score (nSPS) is 9.38. The maximum absolute atomic E-state index is 11.5. The van der Waals surface area contributed by atoms with E-state index in [1.54, 1.807) is 0 Å². The molecular weight excluding hydrogens is 310 g/mol. The van der Waals surface area contributed by atoms with Crippen molar-refractivity contribution in [2.24, 2.45) is 0 Å². The van der Waals surface area contributed by atoms with E-state index in [1.165, 1.54) is 19.5 Å². The molecule has 7 nitrogen and oxygen atoms in total. The van der Waals surface area contributed by atoms with Gasteiger partial charge in [0.2, 0.25) is 5.82 Å². The molecule has 0 saturated heterocycles. The zero-order valence-electron chi connectivity index (χ0n) is 13.0. The average Bonchev–Trinajstić information content (AvgIpc) is 2.64. The Balaban J connectivity index is 1.75. The molecule has 0 bridgehead atoms. The molecule has 0 atom stereocenters. The number of nitrogens with zero attached hydrogens (tertiary/aromatic N) is 2. The first-order valence-electron chi connectivity index (χ1n) is 7.03. The van der Waals surface area contributed by atoms with E-state index in [-0.39, 0.29) is 19.0 Å². The molecule has 122 valence electrons. The number of methoxy groups -OCH3 is 1. The van der Waals surface area contributed by atoms with Gasteiger partial charge in [0.25, 0.3) is 0 Å². The van der Waals surface area contributed by atoms with Crippen molar-refractivity contribution < 1.29 is 19.1 Å². The second kappa shape index (κ2) is 8.90. The molecule has 2 aromatic rings. The van der Waals surface area contributed by atoms with E-state index in [0.717, 1.165) is 5.56 Å². The van der Waals surface area contributed by atoms with Crippen LogP contribution in [-0.2, 0) is 16.1 Å². The average molecular weight is 325 g/mol. The predicted octanol–water partition coefficient (Wildman–Crippen LogP) is 1.54. The molecule has 24 heavy (non-hydrogen) atoms. The van der Waals surface area contributed by atoms with E-state index in [1.807, 2.05) is 30.3 Å². The molecule has 1 N–H and O–H groups in total. The highest BCUT2D eigenvalue weighted by Gasteiger charge is 2.07. The van der Waals surface area contributed by atoms with Gasteiger partial charge in [0.05, 0.1) is 19.2 Å². The Hall–Kier alpha value is -3.40. The van der Waals surface area contributed by atoms with Gasteiger partial charge in [-0.25, -0.2) is 19.6 Å². The summed E-state index contributed by atoms with van der Waals surface area (Å²) in [6.07, 6.45) is 2.25. The van der Waals surface area contributed by atoms with Gasteiger partial charge in [0, 0.05) is 12.4 Å². The fourth-order valence-corrected chi connectivity index (χ4v) is 1.63. The topological polar surface area (TPSA) is 90.4 Å². The van der Waals surface area contributed by atoms with E-state index in [9.17, 15) is 9.59 Å². The van der Waals surface area contributed by atoms with E-state index in [2.05, 4.69) is 31.9 Å². The van der Waals surface area contributed by atoms with Gasteiger partial charge >= 0.3 is 12.1 Å². The number of aromatic nitrogens is 2. The Kier molecular flexibility index (Phi) is 6.29. The van der Waals surface area contributed by atoms with E-state index in [4.69, 9.17) is 4.74 Å². The molecule has 0 unspecified atom stereocenters. The number of nitrogens with one attached hydrogen (secondary N) is 1. The number of carbonyl (C=O) groups excluding carboxylic acids is 2. The van der Waals surface area contributed by atoms with Crippen LogP contribution in [0, 0.1) is 11.8 Å². The number of benzene rings is 1. The van der Waals surface area contributed by atoms with Gasteiger partial charge in [-0.1, -0.05) is 42.2 Å². The number of hydrogen-bond acceptors (Lipinski definition) is 6. The summed E-state index contributed by atoms with van der Waals surface area (Å²) in [6, 6.07) is 9.36. The van der Waals surface area contributed by atoms with Crippen LogP contribution in [0.3, 0.4) is 0 Å². The fraction of sp³-hybridized carbons (Fsp3) is 0.176. The van der Waals surface area contributed by atoms with Gasteiger partial charge in [0.1, 0.15) is 6.61 Å². The number of rotatable bonds is 4. The summed E-state index contributed by atoms with van der Waals surface area (Å²) in [5, 5.41) is 2.51. The first kappa shape index (κ1) is 17.0. The molecule has 7 heteroatoms. The molecule has 0 saturated carbocycles. The number of carbonyl (C=O) groups is 2. The molecule has 1 aromatic heterocycles. The summed E-state index contributed by atoms with van der Waals surface area (Å²) < 4.78 is 9.54. The number of alkyl carbamates (subject to hydrolysis) is 1. The van der Waals surface area contributed by atoms with E-state index < -0.39 is 12.1 Å². The van der Waals surface area contributed by atoms with Gasteiger partial charge in [-0.05, 0) is 5.56 Å². The molecule has 1 aromatic carbocycles. The van der Waals surface area contributed by atoms with E-state index >= 15 is 0 Å². The van der Waals surface area contributed by atoms with E-state index in [0.29, 0.717) is 5.56 Å². The van der Waals surface area contributed by atoms with Crippen molar-refractivity contribution in [3.63, 3.8) is 0 Å². The Morgan fingerprint density at radius 2 is 1.88 bits per heavy atom. The number of ether oxygens (including phenoxy) is 2. The molecule has 1 amide bonds. The van der Waals surface area contributed by atoms with Crippen molar-refractivity contribution in [1.82, 2.24) is 15.3 Å². The maximum Gasteiger partial charge on any atom is 0.408 e. The van der Waals surface area contributed by atoms with Gasteiger partial charge in [-0.2, -0.15) is 0 Å². The third-order valence-corrected chi connectivity index (χ3v) is 2.79. The van der Waals surface area contributed by atoms with Gasteiger partial charge < -0.3 is 14.8 Å². The van der Waals surface area contributed by atoms with Crippen LogP contribution >= 0.6 is 0 Å². The van der Waals surface area contributed by atoms with Gasteiger partial charge in [-0.15, -0.1) is 0 Å². The van der Waals surface area contributed by atoms with Crippen LogP contribution in [0.4, 0.5) is 4.79 Å². The maximum atomic E-state index is 11.5. The highest BCUT2D eigenvalue weighted by molar-refractivity contribution is 5.84. The summed E-state index contributed by atoms with van der Waals surface area (Å²) >= 11 is 0. The molecular formula is C17H15N3O4. The number of esters is 1. The van der Waals surface area contributed by atoms with Crippen LogP contribution in [0.2, 0.25) is 0 Å². The highest BCUT2D eigenvalue weighted by Crippen LogP contribution is 2.00. The quantitative estimate of drug-likeness (QED) is 0.677. The monoisotopic (exact) mass is 325 g/mol. The number of hydrogen-bond donors (Lipinski definition) is 1. The smallest absolute Gasteiger partial charge is 0.408 e. The standard InChI is InChI=1S/C17H15N3O4/c1-23-16(21)15-19-10-14(11-20-15)8-5-9-18-17(22)24-12-13-6-3-2-4-7-13/h2-4,6-7,10-11H,9,12H2,1H3,(H,18,22). The first-order chi connectivity index (χ1) is 11.7. The van der Waals surface area contributed by atoms with Crippen LogP contribution in [0.5, 0.6) is 0 Å². The van der Waals surface area contributed by atoms with Crippen molar-refractivity contribution in [2.45, 2.75) is 6.61 Å². The predicted molar refractivity (Wildman–Crippen MR) is 84.9 cm³/mol. The van der Waals surface area contributed by atoms with Crippen LogP contribution in [0.1, 0.15) is 21.7 Å². The molecule has 0 radical (unpaired) electrons. The second-order valence-electron chi connectivity index (χ2n) is 4.50. The van der Waals surface area contributed by atoms with Crippen molar-refractivity contribution in [3.05, 3.63) is 59.7 Å². The Labute approximate surface area is 139 Å². The van der Waals surface area contributed by atoms with Crippen molar-refractivity contribution in [1.29, 1.82) is 0 Å². The Bertz CT molecular complexity index is 749. The molecule has 2 rings (SSSR count). The fourth-order valence-electron chi connectivity index (χ4n) is 1.63. The lowest BCUT2D eigenvalue weighted by molar-refractivity contribution is 0.0586. The molecule has 0 aliphatic heterocycles. The third-order valence-electron chi connectivity index (χ3n) is 2.79. The van der Waals surface area contributed by atoms with Crippen LogP contribution in [0.15, 0.2) is 42.7 Å². The summed E-state index contributed by atoms with van der Waals surface area (Å²) in [5.41, 5.74) is 1.42. The van der Waals surface area contributed by atoms with Gasteiger partial charge in [0.15, 0.2) is 0 Å². The summed E-state index contributed by atoms with van der Waals surface area (Å²) in [6.45, 7) is 0.315. The van der Waals surface area contributed by atoms with Crippen LogP contribution < -0.4 is 5.32 Å². The molecule has 0 aliphatic carbocycles. The Morgan fingerprint density at radius 1 is 1.17 bits per heavy atom. The first-order valence-corrected chi connectivity index (χ1v) is 7.03.